The standard InChI is InChI=1S/C13H19NO3S/c1-7(2)5-11(13(16)17)14-12(15)10-6-18-9(4)8(10)3/h6-7,11H,5H2,1-4H3,(H,14,15)(H,16,17). The van der Waals surface area contributed by atoms with Crippen molar-refractivity contribution in [3.63, 3.8) is 0 Å². The van der Waals surface area contributed by atoms with E-state index in [9.17, 15) is 9.59 Å². The first-order chi connectivity index (χ1) is 8.32. The molecule has 1 amide bonds. The van der Waals surface area contributed by atoms with Gasteiger partial charge in [-0.15, -0.1) is 11.3 Å². The highest BCUT2D eigenvalue weighted by Crippen LogP contribution is 2.20. The normalized spacial score (nSPS) is 12.5. The molecule has 5 heteroatoms. The van der Waals surface area contributed by atoms with Crippen LogP contribution in [0.2, 0.25) is 0 Å². The summed E-state index contributed by atoms with van der Waals surface area (Å²) in [6.07, 6.45) is 0.434. The highest BCUT2D eigenvalue weighted by molar-refractivity contribution is 7.10. The van der Waals surface area contributed by atoms with Crippen LogP contribution in [0.3, 0.4) is 0 Å². The first-order valence-corrected chi connectivity index (χ1v) is 6.79. The van der Waals surface area contributed by atoms with Crippen molar-refractivity contribution in [2.45, 2.75) is 40.2 Å². The Morgan fingerprint density at radius 2 is 2.00 bits per heavy atom. The molecule has 0 bridgehead atoms. The second-order valence-electron chi connectivity index (χ2n) is 4.82. The molecule has 1 aromatic rings. The first kappa shape index (κ1) is 14.7. The molecule has 0 aliphatic carbocycles. The summed E-state index contributed by atoms with van der Waals surface area (Å²) in [5, 5.41) is 13.4. The van der Waals surface area contributed by atoms with Gasteiger partial charge in [0.05, 0.1) is 5.56 Å². The number of hydrogen-bond acceptors (Lipinski definition) is 3. The number of hydrogen-bond donors (Lipinski definition) is 2. The maximum absolute atomic E-state index is 12.0. The zero-order valence-corrected chi connectivity index (χ0v) is 11.9. The minimum Gasteiger partial charge on any atom is -0.480 e. The Bertz CT molecular complexity index is 451. The molecule has 0 saturated carbocycles. The van der Waals surface area contributed by atoms with Crippen LogP contribution in [0.4, 0.5) is 0 Å². The van der Waals surface area contributed by atoms with Crippen molar-refractivity contribution in [3.05, 3.63) is 21.4 Å². The summed E-state index contributed by atoms with van der Waals surface area (Å²) in [6, 6.07) is -0.822. The number of thiophene rings is 1. The molecule has 0 aromatic carbocycles. The summed E-state index contributed by atoms with van der Waals surface area (Å²) in [7, 11) is 0. The molecule has 100 valence electrons. The van der Waals surface area contributed by atoms with Crippen molar-refractivity contribution < 1.29 is 14.7 Å². The van der Waals surface area contributed by atoms with E-state index in [0.29, 0.717) is 12.0 Å². The second kappa shape index (κ2) is 6.00. The number of rotatable bonds is 5. The van der Waals surface area contributed by atoms with Gasteiger partial charge in [0.15, 0.2) is 0 Å². The third kappa shape index (κ3) is 3.57. The van der Waals surface area contributed by atoms with Crippen LogP contribution in [0.1, 0.15) is 41.1 Å². The van der Waals surface area contributed by atoms with E-state index in [2.05, 4.69) is 5.32 Å². The number of carboxylic acids is 1. The third-order valence-electron chi connectivity index (χ3n) is 2.84. The second-order valence-corrected chi connectivity index (χ2v) is 5.91. The van der Waals surface area contributed by atoms with Crippen LogP contribution in [-0.4, -0.2) is 23.0 Å². The fraction of sp³-hybridized carbons (Fsp3) is 0.538. The summed E-state index contributed by atoms with van der Waals surface area (Å²) in [5.41, 5.74) is 1.50. The van der Waals surface area contributed by atoms with Gasteiger partial charge >= 0.3 is 5.97 Å². The Morgan fingerprint density at radius 1 is 1.39 bits per heavy atom. The maximum atomic E-state index is 12.0. The summed E-state index contributed by atoms with van der Waals surface area (Å²) < 4.78 is 0. The lowest BCUT2D eigenvalue weighted by atomic mass is 10.0. The highest BCUT2D eigenvalue weighted by atomic mass is 32.1. The van der Waals surface area contributed by atoms with E-state index in [-0.39, 0.29) is 11.8 Å². The topological polar surface area (TPSA) is 66.4 Å². The molecule has 4 nitrogen and oxygen atoms in total. The van der Waals surface area contributed by atoms with Crippen LogP contribution in [0.25, 0.3) is 0 Å². The van der Waals surface area contributed by atoms with Crippen LogP contribution in [0.5, 0.6) is 0 Å². The molecule has 0 aliphatic heterocycles. The third-order valence-corrected chi connectivity index (χ3v) is 3.85. The quantitative estimate of drug-likeness (QED) is 0.863. The van der Waals surface area contributed by atoms with Crippen molar-refractivity contribution >= 4 is 23.2 Å². The van der Waals surface area contributed by atoms with Gasteiger partial charge in [-0.3, -0.25) is 4.79 Å². The number of nitrogens with one attached hydrogen (secondary N) is 1. The fourth-order valence-corrected chi connectivity index (χ4v) is 2.53. The lowest BCUT2D eigenvalue weighted by Crippen LogP contribution is -2.41. The van der Waals surface area contributed by atoms with Gasteiger partial charge in [0.1, 0.15) is 6.04 Å². The van der Waals surface area contributed by atoms with Crippen LogP contribution >= 0.6 is 11.3 Å². The van der Waals surface area contributed by atoms with Gasteiger partial charge in [0.2, 0.25) is 0 Å². The summed E-state index contributed by atoms with van der Waals surface area (Å²) in [6.45, 7) is 7.68. The van der Waals surface area contributed by atoms with E-state index in [4.69, 9.17) is 5.11 Å². The molecule has 1 rings (SSSR count). The van der Waals surface area contributed by atoms with Gasteiger partial charge in [-0.1, -0.05) is 13.8 Å². The molecule has 18 heavy (non-hydrogen) atoms. The molecule has 2 N–H and O–H groups in total. The first-order valence-electron chi connectivity index (χ1n) is 5.91. The van der Waals surface area contributed by atoms with E-state index in [0.717, 1.165) is 10.4 Å². The molecule has 1 atom stereocenters. The van der Waals surface area contributed by atoms with Crippen LogP contribution in [0, 0.1) is 19.8 Å². The van der Waals surface area contributed by atoms with E-state index >= 15 is 0 Å². The van der Waals surface area contributed by atoms with E-state index in [1.807, 2.05) is 27.7 Å². The van der Waals surface area contributed by atoms with Gasteiger partial charge < -0.3 is 10.4 Å². The molecule has 1 unspecified atom stereocenters. The minimum atomic E-state index is -0.985. The zero-order chi connectivity index (χ0) is 13.9. The van der Waals surface area contributed by atoms with Crippen LogP contribution in [-0.2, 0) is 4.79 Å². The van der Waals surface area contributed by atoms with E-state index in [1.54, 1.807) is 5.38 Å². The molecule has 0 fully saturated rings. The maximum Gasteiger partial charge on any atom is 0.326 e. The lowest BCUT2D eigenvalue weighted by Gasteiger charge is -2.16. The average Bonchev–Trinajstić information content (AvgIpc) is 2.58. The zero-order valence-electron chi connectivity index (χ0n) is 11.1. The molecule has 1 heterocycles. The number of carboxylic acid groups (broad SMARTS) is 1. The lowest BCUT2D eigenvalue weighted by molar-refractivity contribution is -0.139. The predicted molar refractivity (Wildman–Crippen MR) is 72.1 cm³/mol. The van der Waals surface area contributed by atoms with Gasteiger partial charge in [0, 0.05) is 10.3 Å². The SMILES string of the molecule is Cc1scc(C(=O)NC(CC(C)C)C(=O)O)c1C. The monoisotopic (exact) mass is 269 g/mol. The van der Waals surface area contributed by atoms with Crippen molar-refractivity contribution in [1.29, 1.82) is 0 Å². The molecule has 0 aliphatic rings. The average molecular weight is 269 g/mol. The van der Waals surface area contributed by atoms with Crippen molar-refractivity contribution in [2.75, 3.05) is 0 Å². The van der Waals surface area contributed by atoms with Crippen molar-refractivity contribution in [2.24, 2.45) is 5.92 Å². The predicted octanol–water partition coefficient (Wildman–Crippen LogP) is 2.59. The molecular formula is C13H19NO3S. The largest absolute Gasteiger partial charge is 0.480 e. The Hall–Kier alpha value is -1.36. The van der Waals surface area contributed by atoms with Gasteiger partial charge in [0.25, 0.3) is 5.91 Å². The molecule has 1 aromatic heterocycles. The minimum absolute atomic E-state index is 0.219. The number of amides is 1. The summed E-state index contributed by atoms with van der Waals surface area (Å²) in [5.74, 6) is -1.07. The van der Waals surface area contributed by atoms with Crippen LogP contribution < -0.4 is 5.32 Å². The Kier molecular flexibility index (Phi) is 4.90. The molecular weight excluding hydrogens is 250 g/mol. The number of aryl methyl sites for hydroxylation is 1. The van der Waals surface area contributed by atoms with Gasteiger partial charge in [-0.05, 0) is 31.7 Å². The van der Waals surface area contributed by atoms with Crippen molar-refractivity contribution in [1.82, 2.24) is 5.32 Å². The van der Waals surface area contributed by atoms with Crippen LogP contribution in [0.15, 0.2) is 5.38 Å². The number of carbonyl (C=O) groups is 2. The highest BCUT2D eigenvalue weighted by Gasteiger charge is 2.23. The smallest absolute Gasteiger partial charge is 0.326 e. The molecule has 0 radical (unpaired) electrons. The van der Waals surface area contributed by atoms with Crippen molar-refractivity contribution in [3.8, 4) is 0 Å². The summed E-state index contributed by atoms with van der Waals surface area (Å²) in [4.78, 5) is 24.2. The van der Waals surface area contributed by atoms with Gasteiger partial charge in [-0.2, -0.15) is 0 Å². The Balaban J connectivity index is 2.79. The Labute approximate surface area is 111 Å². The molecule has 0 spiro atoms. The van der Waals surface area contributed by atoms with E-state index in [1.165, 1.54) is 11.3 Å². The molecule has 0 saturated heterocycles. The Morgan fingerprint density at radius 3 is 2.39 bits per heavy atom. The summed E-state index contributed by atoms with van der Waals surface area (Å²) >= 11 is 1.50. The van der Waals surface area contributed by atoms with E-state index < -0.39 is 12.0 Å². The van der Waals surface area contributed by atoms with Gasteiger partial charge in [-0.25, -0.2) is 4.79 Å². The number of aliphatic carboxylic acids is 1. The fourth-order valence-electron chi connectivity index (χ4n) is 1.67. The number of carbonyl (C=O) groups excluding carboxylic acids is 1.